The van der Waals surface area contributed by atoms with Gasteiger partial charge in [0.2, 0.25) is 0 Å². The number of methoxy groups -OCH3 is 2. The molecule has 0 aliphatic rings. The van der Waals surface area contributed by atoms with Gasteiger partial charge in [-0.15, -0.1) is 0 Å². The van der Waals surface area contributed by atoms with E-state index in [9.17, 15) is 9.46 Å². The van der Waals surface area contributed by atoms with E-state index in [4.69, 9.17) is 9.47 Å². The minimum Gasteiger partial charge on any atom is -0.497 e. The van der Waals surface area contributed by atoms with Crippen molar-refractivity contribution in [2.45, 2.75) is 0 Å². The summed E-state index contributed by atoms with van der Waals surface area (Å²) in [5.74, 6) is 0.814. The third-order valence-electron chi connectivity index (χ3n) is 1.94. The van der Waals surface area contributed by atoms with Gasteiger partial charge in [0.05, 0.1) is 14.2 Å². The molecule has 0 aliphatic carbocycles. The lowest BCUT2D eigenvalue weighted by atomic mass is 10.3. The van der Waals surface area contributed by atoms with E-state index in [-0.39, 0.29) is 11.1 Å². The molecule has 1 atom stereocenters. The zero-order chi connectivity index (χ0) is 11.5. The van der Waals surface area contributed by atoms with Crippen LogP contribution in [0.4, 0.5) is 0 Å². The molecule has 0 bridgehead atoms. The third kappa shape index (κ3) is 2.50. The Kier molecular flexibility index (Phi) is 3.74. The van der Waals surface area contributed by atoms with Crippen LogP contribution >= 0.6 is 7.60 Å². The van der Waals surface area contributed by atoms with Crippen molar-refractivity contribution in [3.63, 3.8) is 0 Å². The van der Waals surface area contributed by atoms with Crippen LogP contribution in [0.1, 0.15) is 0 Å². The normalized spacial score (nSPS) is 14.4. The van der Waals surface area contributed by atoms with Gasteiger partial charge in [0.1, 0.15) is 16.8 Å². The molecule has 0 fully saturated rings. The summed E-state index contributed by atoms with van der Waals surface area (Å²) >= 11 is 0. The zero-order valence-electron chi connectivity index (χ0n) is 8.76. The fourth-order valence-electron chi connectivity index (χ4n) is 1.12. The van der Waals surface area contributed by atoms with Crippen molar-refractivity contribution in [2.24, 2.45) is 0 Å². The fourth-order valence-corrected chi connectivity index (χ4v) is 2.01. The van der Waals surface area contributed by atoms with Crippen LogP contribution in [0.15, 0.2) is 18.2 Å². The molecular formula is C9H13O5P. The first kappa shape index (κ1) is 12.0. The molecule has 0 aliphatic heterocycles. The van der Waals surface area contributed by atoms with Crippen molar-refractivity contribution in [1.82, 2.24) is 0 Å². The second kappa shape index (κ2) is 4.66. The summed E-state index contributed by atoms with van der Waals surface area (Å²) in [6.07, 6.45) is 0. The van der Waals surface area contributed by atoms with Gasteiger partial charge in [-0.2, -0.15) is 0 Å². The van der Waals surface area contributed by atoms with E-state index in [2.05, 4.69) is 4.52 Å². The molecule has 15 heavy (non-hydrogen) atoms. The number of rotatable bonds is 4. The summed E-state index contributed by atoms with van der Waals surface area (Å²) in [5.41, 5.74) is 0. The Bertz CT molecular complexity index is 390. The van der Waals surface area contributed by atoms with Gasteiger partial charge in [0, 0.05) is 13.2 Å². The Morgan fingerprint density at radius 2 is 1.87 bits per heavy atom. The second-order valence-corrected chi connectivity index (χ2v) is 4.63. The van der Waals surface area contributed by atoms with E-state index in [1.54, 1.807) is 6.07 Å². The van der Waals surface area contributed by atoms with Crippen LogP contribution in [0, 0.1) is 0 Å². The molecule has 1 aromatic carbocycles. The average Bonchev–Trinajstić information content (AvgIpc) is 2.28. The van der Waals surface area contributed by atoms with Gasteiger partial charge >= 0.3 is 7.60 Å². The molecule has 0 aromatic heterocycles. The Balaban J connectivity index is 3.25. The van der Waals surface area contributed by atoms with Crippen LogP contribution in [0.5, 0.6) is 11.5 Å². The largest absolute Gasteiger partial charge is 0.497 e. The first-order valence-corrected chi connectivity index (χ1v) is 5.74. The van der Waals surface area contributed by atoms with Gasteiger partial charge in [-0.3, -0.25) is 4.57 Å². The Labute approximate surface area is 88.1 Å². The maximum atomic E-state index is 11.6. The first-order valence-electron chi connectivity index (χ1n) is 4.16. The molecular weight excluding hydrogens is 219 g/mol. The highest BCUT2D eigenvalue weighted by atomic mass is 31.2. The molecule has 1 aromatic rings. The van der Waals surface area contributed by atoms with E-state index < -0.39 is 7.60 Å². The zero-order valence-corrected chi connectivity index (χ0v) is 9.65. The Morgan fingerprint density at radius 1 is 1.20 bits per heavy atom. The summed E-state index contributed by atoms with van der Waals surface area (Å²) < 4.78 is 26.1. The van der Waals surface area contributed by atoms with Crippen LogP contribution in [0.3, 0.4) is 0 Å². The van der Waals surface area contributed by atoms with E-state index in [1.165, 1.54) is 33.5 Å². The van der Waals surface area contributed by atoms with Crippen molar-refractivity contribution in [2.75, 3.05) is 21.3 Å². The van der Waals surface area contributed by atoms with Crippen molar-refractivity contribution in [3.8, 4) is 11.5 Å². The molecule has 84 valence electrons. The molecule has 1 N–H and O–H groups in total. The van der Waals surface area contributed by atoms with Gasteiger partial charge in [0.15, 0.2) is 0 Å². The molecule has 6 heteroatoms. The van der Waals surface area contributed by atoms with Crippen molar-refractivity contribution in [3.05, 3.63) is 18.2 Å². The predicted molar refractivity (Wildman–Crippen MR) is 56.0 cm³/mol. The van der Waals surface area contributed by atoms with Gasteiger partial charge < -0.3 is 18.9 Å². The maximum absolute atomic E-state index is 11.6. The van der Waals surface area contributed by atoms with Crippen molar-refractivity contribution < 1.29 is 23.5 Å². The second-order valence-electron chi connectivity index (χ2n) is 2.74. The number of benzene rings is 1. The molecule has 0 amide bonds. The van der Waals surface area contributed by atoms with Gasteiger partial charge in [-0.1, -0.05) is 0 Å². The highest BCUT2D eigenvalue weighted by Gasteiger charge is 2.25. The molecule has 0 spiro atoms. The summed E-state index contributed by atoms with van der Waals surface area (Å²) in [6.45, 7) is 0. The van der Waals surface area contributed by atoms with Crippen LogP contribution in [0.2, 0.25) is 0 Å². The standard InChI is InChI=1S/C9H13O5P/c1-12-7-4-5-9(8(6-7)13-2)15(10,11)14-3/h4-6H,1-3H3,(H,10,11). The minimum absolute atomic E-state index is 0.119. The molecule has 0 heterocycles. The quantitative estimate of drug-likeness (QED) is 0.789. The van der Waals surface area contributed by atoms with E-state index in [1.807, 2.05) is 0 Å². The summed E-state index contributed by atoms with van der Waals surface area (Å²) in [5, 5.41) is 0.119. The van der Waals surface area contributed by atoms with Crippen LogP contribution < -0.4 is 14.8 Å². The molecule has 0 saturated carbocycles. The Morgan fingerprint density at radius 3 is 2.33 bits per heavy atom. The van der Waals surface area contributed by atoms with E-state index in [0.717, 1.165) is 0 Å². The maximum Gasteiger partial charge on any atom is 0.362 e. The predicted octanol–water partition coefficient (Wildman–Crippen LogP) is 1.16. The topological polar surface area (TPSA) is 65.0 Å². The van der Waals surface area contributed by atoms with Gasteiger partial charge in [-0.25, -0.2) is 0 Å². The van der Waals surface area contributed by atoms with Gasteiger partial charge in [0.25, 0.3) is 0 Å². The van der Waals surface area contributed by atoms with Crippen LogP contribution in [-0.4, -0.2) is 26.2 Å². The van der Waals surface area contributed by atoms with Crippen LogP contribution in [-0.2, 0) is 9.09 Å². The molecule has 1 unspecified atom stereocenters. The van der Waals surface area contributed by atoms with Crippen molar-refractivity contribution in [1.29, 1.82) is 0 Å². The lowest BCUT2D eigenvalue weighted by Crippen LogP contribution is -2.09. The van der Waals surface area contributed by atoms with Gasteiger partial charge in [-0.05, 0) is 12.1 Å². The lowest BCUT2D eigenvalue weighted by Gasteiger charge is -2.13. The minimum atomic E-state index is -3.79. The van der Waals surface area contributed by atoms with Crippen LogP contribution in [0.25, 0.3) is 0 Å². The fraction of sp³-hybridized carbons (Fsp3) is 0.333. The summed E-state index contributed by atoms with van der Waals surface area (Å²) in [7, 11) is 0.294. The smallest absolute Gasteiger partial charge is 0.362 e. The Hall–Kier alpha value is -1.03. The van der Waals surface area contributed by atoms with E-state index in [0.29, 0.717) is 5.75 Å². The molecule has 1 rings (SSSR count). The SMILES string of the molecule is COc1ccc(P(=O)(O)OC)c(OC)c1. The number of hydrogen-bond acceptors (Lipinski definition) is 4. The summed E-state index contributed by atoms with van der Waals surface area (Å²) in [4.78, 5) is 9.48. The molecule has 0 radical (unpaired) electrons. The number of hydrogen-bond donors (Lipinski definition) is 1. The average molecular weight is 232 g/mol. The molecule has 0 saturated heterocycles. The highest BCUT2D eigenvalue weighted by molar-refractivity contribution is 7.61. The third-order valence-corrected chi connectivity index (χ3v) is 3.41. The molecule has 5 nitrogen and oxygen atoms in total. The summed E-state index contributed by atoms with van der Waals surface area (Å²) in [6, 6.07) is 4.54. The monoisotopic (exact) mass is 232 g/mol. The number of ether oxygens (including phenoxy) is 2. The van der Waals surface area contributed by atoms with E-state index >= 15 is 0 Å². The first-order chi connectivity index (χ1) is 7.05. The lowest BCUT2D eigenvalue weighted by molar-refractivity contribution is 0.325. The highest BCUT2D eigenvalue weighted by Crippen LogP contribution is 2.43. The van der Waals surface area contributed by atoms with Crippen molar-refractivity contribution >= 4 is 12.9 Å².